The van der Waals surface area contributed by atoms with E-state index in [0.29, 0.717) is 5.92 Å². The van der Waals surface area contributed by atoms with Crippen LogP contribution in [0, 0.1) is 5.92 Å². The van der Waals surface area contributed by atoms with Gasteiger partial charge in [-0.1, -0.05) is 18.5 Å². The number of rotatable bonds is 3. The zero-order valence-corrected chi connectivity index (χ0v) is 11.8. The standard InChI is InChI=1S/C14H23N3O2/c1-10-5-3-7-14(9-10,18-2)13-16-12(19-17-13)11-6-4-8-15-11/h10-11,15H,3-9H2,1-2H3/t10?,11-,14?/m1/s1. The van der Waals surface area contributed by atoms with Crippen molar-refractivity contribution in [2.45, 2.75) is 57.1 Å². The van der Waals surface area contributed by atoms with Crippen molar-refractivity contribution in [3.05, 3.63) is 11.7 Å². The van der Waals surface area contributed by atoms with Crippen LogP contribution < -0.4 is 5.32 Å². The maximum Gasteiger partial charge on any atom is 0.243 e. The Morgan fingerprint density at radius 2 is 2.26 bits per heavy atom. The van der Waals surface area contributed by atoms with Gasteiger partial charge in [0.15, 0.2) is 0 Å². The van der Waals surface area contributed by atoms with E-state index in [1.165, 1.54) is 19.3 Å². The molecule has 0 radical (unpaired) electrons. The van der Waals surface area contributed by atoms with Gasteiger partial charge in [0.1, 0.15) is 5.60 Å². The smallest absolute Gasteiger partial charge is 0.243 e. The number of ether oxygens (including phenoxy) is 1. The summed E-state index contributed by atoms with van der Waals surface area (Å²) in [5, 5.41) is 7.60. The van der Waals surface area contributed by atoms with Gasteiger partial charge >= 0.3 is 0 Å². The molecule has 0 spiro atoms. The van der Waals surface area contributed by atoms with Crippen LogP contribution in [0.5, 0.6) is 0 Å². The summed E-state index contributed by atoms with van der Waals surface area (Å²) < 4.78 is 11.3. The van der Waals surface area contributed by atoms with Crippen molar-refractivity contribution in [3.8, 4) is 0 Å². The van der Waals surface area contributed by atoms with Crippen LogP contribution in [-0.4, -0.2) is 23.8 Å². The maximum absolute atomic E-state index is 5.81. The van der Waals surface area contributed by atoms with Gasteiger partial charge in [0.25, 0.3) is 0 Å². The average molecular weight is 265 g/mol. The van der Waals surface area contributed by atoms with Gasteiger partial charge in [0.05, 0.1) is 6.04 Å². The molecule has 2 unspecified atom stereocenters. The monoisotopic (exact) mass is 265 g/mol. The average Bonchev–Trinajstić information content (AvgIpc) is 3.09. The Labute approximate surface area is 114 Å². The molecule has 1 saturated carbocycles. The quantitative estimate of drug-likeness (QED) is 0.910. The van der Waals surface area contributed by atoms with Gasteiger partial charge in [0, 0.05) is 7.11 Å². The number of methoxy groups -OCH3 is 1. The largest absolute Gasteiger partial charge is 0.370 e. The zero-order chi connectivity index (χ0) is 13.3. The van der Waals surface area contributed by atoms with Gasteiger partial charge in [-0.15, -0.1) is 0 Å². The van der Waals surface area contributed by atoms with Crippen molar-refractivity contribution < 1.29 is 9.26 Å². The molecule has 0 aromatic carbocycles. The van der Waals surface area contributed by atoms with E-state index < -0.39 is 0 Å². The fourth-order valence-electron chi connectivity index (χ4n) is 3.44. The molecule has 1 N–H and O–H groups in total. The second-order valence-electron chi connectivity index (χ2n) is 6.01. The van der Waals surface area contributed by atoms with Crippen molar-refractivity contribution in [1.82, 2.24) is 15.5 Å². The first-order chi connectivity index (χ1) is 9.23. The number of hydrogen-bond donors (Lipinski definition) is 1. The number of hydrogen-bond acceptors (Lipinski definition) is 5. The van der Waals surface area contributed by atoms with Crippen molar-refractivity contribution >= 4 is 0 Å². The molecule has 3 rings (SSSR count). The van der Waals surface area contributed by atoms with E-state index >= 15 is 0 Å². The predicted molar refractivity (Wildman–Crippen MR) is 70.6 cm³/mol. The highest BCUT2D eigenvalue weighted by molar-refractivity contribution is 5.06. The summed E-state index contributed by atoms with van der Waals surface area (Å²) in [4.78, 5) is 4.63. The van der Waals surface area contributed by atoms with Crippen LogP contribution >= 0.6 is 0 Å². The second kappa shape index (κ2) is 5.21. The van der Waals surface area contributed by atoms with Crippen LogP contribution in [0.3, 0.4) is 0 Å². The van der Waals surface area contributed by atoms with Crippen LogP contribution in [0.4, 0.5) is 0 Å². The molecule has 5 heteroatoms. The van der Waals surface area contributed by atoms with Crippen molar-refractivity contribution in [3.63, 3.8) is 0 Å². The molecule has 1 aliphatic heterocycles. The van der Waals surface area contributed by atoms with Gasteiger partial charge in [-0.05, 0) is 44.6 Å². The van der Waals surface area contributed by atoms with Gasteiger partial charge in [-0.2, -0.15) is 4.98 Å². The summed E-state index contributed by atoms with van der Waals surface area (Å²) in [6, 6.07) is 0.233. The Balaban J connectivity index is 1.83. The van der Waals surface area contributed by atoms with E-state index in [1.54, 1.807) is 7.11 Å². The fraction of sp³-hybridized carbons (Fsp3) is 0.857. The van der Waals surface area contributed by atoms with Crippen LogP contribution in [0.2, 0.25) is 0 Å². The lowest BCUT2D eigenvalue weighted by Gasteiger charge is -2.36. The first-order valence-corrected chi connectivity index (χ1v) is 7.36. The minimum Gasteiger partial charge on any atom is -0.370 e. The first kappa shape index (κ1) is 13.1. The molecular weight excluding hydrogens is 242 g/mol. The van der Waals surface area contributed by atoms with E-state index in [2.05, 4.69) is 22.4 Å². The van der Waals surface area contributed by atoms with E-state index in [9.17, 15) is 0 Å². The number of aromatic nitrogens is 2. The van der Waals surface area contributed by atoms with E-state index in [-0.39, 0.29) is 11.6 Å². The SMILES string of the molecule is COC1(c2noc([C@H]3CCCN3)n2)CCCC(C)C1. The Morgan fingerprint density at radius 3 is 2.95 bits per heavy atom. The fourth-order valence-corrected chi connectivity index (χ4v) is 3.44. The van der Waals surface area contributed by atoms with Crippen LogP contribution in [0.25, 0.3) is 0 Å². The Hall–Kier alpha value is -0.940. The van der Waals surface area contributed by atoms with Crippen molar-refractivity contribution in [2.75, 3.05) is 13.7 Å². The molecule has 3 atom stereocenters. The zero-order valence-electron chi connectivity index (χ0n) is 11.8. The van der Waals surface area contributed by atoms with E-state index in [4.69, 9.17) is 9.26 Å². The summed E-state index contributed by atoms with van der Waals surface area (Å²) in [6.45, 7) is 3.31. The third-order valence-corrected chi connectivity index (χ3v) is 4.55. The number of nitrogens with zero attached hydrogens (tertiary/aromatic N) is 2. The Morgan fingerprint density at radius 1 is 1.37 bits per heavy atom. The molecule has 1 saturated heterocycles. The van der Waals surface area contributed by atoms with Crippen LogP contribution in [0.15, 0.2) is 4.52 Å². The van der Waals surface area contributed by atoms with Gasteiger partial charge in [0.2, 0.25) is 11.7 Å². The molecule has 1 aromatic rings. The van der Waals surface area contributed by atoms with Gasteiger partial charge < -0.3 is 14.6 Å². The lowest BCUT2D eigenvalue weighted by Crippen LogP contribution is -2.35. The molecule has 106 valence electrons. The molecule has 0 bridgehead atoms. The van der Waals surface area contributed by atoms with E-state index in [0.717, 1.165) is 37.5 Å². The van der Waals surface area contributed by atoms with Gasteiger partial charge in [-0.3, -0.25) is 0 Å². The molecule has 1 aliphatic carbocycles. The molecule has 5 nitrogen and oxygen atoms in total. The summed E-state index contributed by atoms with van der Waals surface area (Å²) in [5.41, 5.74) is -0.335. The topological polar surface area (TPSA) is 60.2 Å². The Kier molecular flexibility index (Phi) is 3.58. The third-order valence-electron chi connectivity index (χ3n) is 4.55. The molecule has 2 aliphatic rings. The highest BCUT2D eigenvalue weighted by atomic mass is 16.5. The summed E-state index contributed by atoms with van der Waals surface area (Å²) >= 11 is 0. The summed E-state index contributed by atoms with van der Waals surface area (Å²) in [5.74, 6) is 2.12. The van der Waals surface area contributed by atoms with Crippen molar-refractivity contribution in [1.29, 1.82) is 0 Å². The van der Waals surface area contributed by atoms with Crippen molar-refractivity contribution in [2.24, 2.45) is 5.92 Å². The third kappa shape index (κ3) is 2.41. The maximum atomic E-state index is 5.81. The lowest BCUT2D eigenvalue weighted by molar-refractivity contribution is -0.0658. The molecule has 0 amide bonds. The number of nitrogens with one attached hydrogen (secondary N) is 1. The second-order valence-corrected chi connectivity index (χ2v) is 6.01. The highest BCUT2D eigenvalue weighted by Gasteiger charge is 2.41. The minimum absolute atomic E-state index is 0.233. The molecule has 1 aromatic heterocycles. The van der Waals surface area contributed by atoms with Crippen LogP contribution in [-0.2, 0) is 10.3 Å². The lowest BCUT2D eigenvalue weighted by atomic mass is 9.78. The molecule has 2 fully saturated rings. The Bertz CT molecular complexity index is 428. The first-order valence-electron chi connectivity index (χ1n) is 7.36. The van der Waals surface area contributed by atoms with Gasteiger partial charge in [-0.25, -0.2) is 0 Å². The minimum atomic E-state index is -0.335. The summed E-state index contributed by atoms with van der Waals surface area (Å²) in [7, 11) is 1.77. The van der Waals surface area contributed by atoms with Crippen LogP contribution in [0.1, 0.15) is 63.2 Å². The molecule has 2 heterocycles. The summed E-state index contributed by atoms with van der Waals surface area (Å²) in [6.07, 6.45) is 6.67. The molecular formula is C14H23N3O2. The molecule has 19 heavy (non-hydrogen) atoms. The normalized spacial score (nSPS) is 35.7. The predicted octanol–water partition coefficient (Wildman–Crippen LogP) is 2.55. The highest BCUT2D eigenvalue weighted by Crippen LogP contribution is 2.41. The van der Waals surface area contributed by atoms with E-state index in [1.807, 2.05) is 0 Å².